The third-order valence-electron chi connectivity index (χ3n) is 4.59. The standard InChI is InChI=1S/C17H20N4O4S/c1-7-8(2)20-21(4)16(23)11(7)15-18-9(3)13(26-15)14(22)19-12(17(24)25)10-5-6-10/h10,12H,5-6H2,1-4H3,(H,19,22)(H,24,25). The second-order valence-electron chi connectivity index (χ2n) is 6.57. The van der Waals surface area contributed by atoms with Gasteiger partial charge in [0.25, 0.3) is 11.5 Å². The summed E-state index contributed by atoms with van der Waals surface area (Å²) in [6.45, 7) is 5.28. The van der Waals surface area contributed by atoms with Gasteiger partial charge in [0.1, 0.15) is 15.9 Å². The Balaban J connectivity index is 1.97. The Hall–Kier alpha value is -2.55. The Bertz CT molecular complexity index is 958. The van der Waals surface area contributed by atoms with Crippen molar-refractivity contribution in [1.82, 2.24) is 20.1 Å². The van der Waals surface area contributed by atoms with Gasteiger partial charge in [-0.3, -0.25) is 9.59 Å². The fraction of sp³-hybridized carbons (Fsp3) is 0.471. The van der Waals surface area contributed by atoms with Gasteiger partial charge in [0, 0.05) is 7.05 Å². The molecule has 9 heteroatoms. The summed E-state index contributed by atoms with van der Waals surface area (Å²) in [5.41, 5.74) is 2.04. The molecule has 2 heterocycles. The van der Waals surface area contributed by atoms with Crippen LogP contribution in [0.5, 0.6) is 0 Å². The number of carbonyl (C=O) groups excluding carboxylic acids is 1. The molecule has 0 aromatic carbocycles. The second-order valence-corrected chi connectivity index (χ2v) is 7.57. The number of aryl methyl sites for hydroxylation is 3. The minimum atomic E-state index is -1.03. The van der Waals surface area contributed by atoms with Gasteiger partial charge in [-0.25, -0.2) is 14.5 Å². The second kappa shape index (κ2) is 6.64. The molecule has 1 saturated carbocycles. The van der Waals surface area contributed by atoms with E-state index in [2.05, 4.69) is 15.4 Å². The van der Waals surface area contributed by atoms with Crippen LogP contribution in [-0.4, -0.2) is 37.8 Å². The summed E-state index contributed by atoms with van der Waals surface area (Å²) in [6.07, 6.45) is 1.60. The molecule has 1 unspecified atom stereocenters. The predicted molar refractivity (Wildman–Crippen MR) is 96.4 cm³/mol. The Morgan fingerprint density at radius 2 is 1.92 bits per heavy atom. The number of amides is 1. The van der Waals surface area contributed by atoms with Crippen LogP contribution in [0.4, 0.5) is 0 Å². The van der Waals surface area contributed by atoms with Gasteiger partial charge < -0.3 is 10.4 Å². The Morgan fingerprint density at radius 1 is 1.27 bits per heavy atom. The average molecular weight is 376 g/mol. The van der Waals surface area contributed by atoms with Crippen LogP contribution in [0.25, 0.3) is 10.6 Å². The number of carboxylic acid groups (broad SMARTS) is 1. The van der Waals surface area contributed by atoms with Gasteiger partial charge in [0.2, 0.25) is 0 Å². The molecule has 2 aromatic heterocycles. The molecule has 3 rings (SSSR count). The van der Waals surface area contributed by atoms with Gasteiger partial charge in [0.15, 0.2) is 0 Å². The fourth-order valence-corrected chi connectivity index (χ4v) is 3.90. The van der Waals surface area contributed by atoms with E-state index in [1.54, 1.807) is 27.8 Å². The van der Waals surface area contributed by atoms with Gasteiger partial charge in [-0.05, 0) is 45.1 Å². The van der Waals surface area contributed by atoms with Crippen molar-refractivity contribution in [3.05, 3.63) is 32.2 Å². The largest absolute Gasteiger partial charge is 0.480 e. The number of thiazole rings is 1. The first-order valence-corrected chi connectivity index (χ1v) is 9.08. The Labute approximate surface area is 153 Å². The third kappa shape index (κ3) is 3.26. The number of rotatable bonds is 5. The van der Waals surface area contributed by atoms with E-state index in [0.717, 1.165) is 29.7 Å². The van der Waals surface area contributed by atoms with Crippen molar-refractivity contribution in [1.29, 1.82) is 0 Å². The van der Waals surface area contributed by atoms with Crippen LogP contribution in [-0.2, 0) is 11.8 Å². The van der Waals surface area contributed by atoms with Gasteiger partial charge in [-0.2, -0.15) is 5.10 Å². The van der Waals surface area contributed by atoms with Crippen LogP contribution in [0.2, 0.25) is 0 Å². The number of nitrogens with one attached hydrogen (secondary N) is 1. The van der Waals surface area contributed by atoms with Gasteiger partial charge in [0.05, 0.1) is 17.0 Å². The van der Waals surface area contributed by atoms with E-state index >= 15 is 0 Å². The zero-order valence-electron chi connectivity index (χ0n) is 15.0. The van der Waals surface area contributed by atoms with Crippen LogP contribution >= 0.6 is 11.3 Å². The van der Waals surface area contributed by atoms with Gasteiger partial charge >= 0.3 is 5.97 Å². The molecule has 2 aromatic rings. The summed E-state index contributed by atoms with van der Waals surface area (Å²) in [5.74, 6) is -1.51. The van der Waals surface area contributed by atoms with E-state index in [1.807, 2.05) is 0 Å². The highest BCUT2D eigenvalue weighted by Gasteiger charge is 2.38. The van der Waals surface area contributed by atoms with E-state index in [1.165, 1.54) is 4.68 Å². The SMILES string of the molecule is Cc1nc(-c2c(C)c(C)nn(C)c2=O)sc1C(=O)NC(C(=O)O)C1CC1. The van der Waals surface area contributed by atoms with E-state index in [0.29, 0.717) is 26.8 Å². The van der Waals surface area contributed by atoms with E-state index < -0.39 is 17.9 Å². The zero-order chi connectivity index (χ0) is 19.2. The number of aromatic nitrogens is 3. The molecule has 0 spiro atoms. The molecule has 0 bridgehead atoms. The van der Waals surface area contributed by atoms with Crippen molar-refractivity contribution >= 4 is 23.2 Å². The fourth-order valence-electron chi connectivity index (χ4n) is 2.83. The number of carboxylic acids is 1. The van der Waals surface area contributed by atoms with Crippen LogP contribution in [0.1, 0.15) is 39.5 Å². The molecule has 2 N–H and O–H groups in total. The quantitative estimate of drug-likeness (QED) is 0.816. The lowest BCUT2D eigenvalue weighted by Gasteiger charge is -2.12. The van der Waals surface area contributed by atoms with Crippen LogP contribution in [0, 0.1) is 26.7 Å². The molecule has 1 amide bonds. The number of hydrogen-bond donors (Lipinski definition) is 2. The monoisotopic (exact) mass is 376 g/mol. The molecule has 8 nitrogen and oxygen atoms in total. The van der Waals surface area contributed by atoms with Gasteiger partial charge in [-0.1, -0.05) is 0 Å². The highest BCUT2D eigenvalue weighted by molar-refractivity contribution is 7.17. The van der Waals surface area contributed by atoms with Crippen molar-refractivity contribution in [3.63, 3.8) is 0 Å². The van der Waals surface area contributed by atoms with Crippen LogP contribution in [0.3, 0.4) is 0 Å². The molecular weight excluding hydrogens is 356 g/mol. The molecule has 1 atom stereocenters. The summed E-state index contributed by atoms with van der Waals surface area (Å²) in [5, 5.41) is 16.5. The van der Waals surface area contributed by atoms with Crippen molar-refractivity contribution in [2.75, 3.05) is 0 Å². The molecule has 0 radical (unpaired) electrons. The first kappa shape index (κ1) is 18.2. The molecule has 26 heavy (non-hydrogen) atoms. The first-order valence-electron chi connectivity index (χ1n) is 8.26. The van der Waals surface area contributed by atoms with E-state index in [-0.39, 0.29) is 11.5 Å². The Morgan fingerprint density at radius 3 is 2.50 bits per heavy atom. The maximum absolute atomic E-state index is 12.6. The predicted octanol–water partition coefficient (Wildman–Crippen LogP) is 1.42. The molecular formula is C17H20N4O4S. The highest BCUT2D eigenvalue weighted by atomic mass is 32.1. The zero-order valence-corrected chi connectivity index (χ0v) is 15.8. The molecule has 1 fully saturated rings. The third-order valence-corrected chi connectivity index (χ3v) is 5.76. The van der Waals surface area contributed by atoms with Crippen molar-refractivity contribution < 1.29 is 14.7 Å². The highest BCUT2D eigenvalue weighted by Crippen LogP contribution is 2.33. The number of nitrogens with zero attached hydrogens (tertiary/aromatic N) is 3. The lowest BCUT2D eigenvalue weighted by Crippen LogP contribution is -2.42. The maximum atomic E-state index is 12.6. The minimum Gasteiger partial charge on any atom is -0.480 e. The summed E-state index contributed by atoms with van der Waals surface area (Å²) in [6, 6.07) is -0.884. The first-order chi connectivity index (χ1) is 12.2. The molecule has 0 saturated heterocycles. The van der Waals surface area contributed by atoms with Crippen LogP contribution < -0.4 is 10.9 Å². The van der Waals surface area contributed by atoms with Crippen molar-refractivity contribution in [2.45, 2.75) is 39.7 Å². The number of aliphatic carboxylic acids is 1. The molecule has 1 aliphatic carbocycles. The molecule has 1 aliphatic rings. The summed E-state index contributed by atoms with van der Waals surface area (Å²) >= 11 is 1.10. The van der Waals surface area contributed by atoms with Gasteiger partial charge in [-0.15, -0.1) is 11.3 Å². The minimum absolute atomic E-state index is 0.0125. The topological polar surface area (TPSA) is 114 Å². The maximum Gasteiger partial charge on any atom is 0.326 e. The van der Waals surface area contributed by atoms with Crippen molar-refractivity contribution in [3.8, 4) is 10.6 Å². The lowest BCUT2D eigenvalue weighted by atomic mass is 10.1. The summed E-state index contributed by atoms with van der Waals surface area (Å²) in [4.78, 5) is 41.1. The molecule has 138 valence electrons. The van der Waals surface area contributed by atoms with Crippen molar-refractivity contribution in [2.24, 2.45) is 13.0 Å². The average Bonchev–Trinajstić information content (AvgIpc) is 3.33. The van der Waals surface area contributed by atoms with E-state index in [9.17, 15) is 19.5 Å². The normalized spacial score (nSPS) is 14.9. The van der Waals surface area contributed by atoms with E-state index in [4.69, 9.17) is 0 Å². The molecule has 0 aliphatic heterocycles. The number of carbonyl (C=O) groups is 2. The summed E-state index contributed by atoms with van der Waals surface area (Å²) < 4.78 is 1.25. The lowest BCUT2D eigenvalue weighted by molar-refractivity contribution is -0.139. The van der Waals surface area contributed by atoms with Crippen LogP contribution in [0.15, 0.2) is 4.79 Å². The Kier molecular flexibility index (Phi) is 4.66. The smallest absolute Gasteiger partial charge is 0.326 e. The summed E-state index contributed by atoms with van der Waals surface area (Å²) in [7, 11) is 1.57. The number of hydrogen-bond acceptors (Lipinski definition) is 6.